The van der Waals surface area contributed by atoms with E-state index in [1.54, 1.807) is 12.1 Å². The number of benzene rings is 1. The maximum atomic E-state index is 13.3. The molecule has 2 fully saturated rings. The molecule has 1 aliphatic carbocycles. The molecule has 1 heterocycles. The molecule has 1 saturated carbocycles. The Labute approximate surface area is 114 Å². The molecule has 104 valence electrons. The summed E-state index contributed by atoms with van der Waals surface area (Å²) in [5, 5.41) is 0. The van der Waals surface area contributed by atoms with Gasteiger partial charge >= 0.3 is 0 Å². The summed E-state index contributed by atoms with van der Waals surface area (Å²) in [6, 6.07) is 5.43. The maximum absolute atomic E-state index is 13.3. The molecular weight excluding hydrogens is 241 g/mol. The average molecular weight is 263 g/mol. The third kappa shape index (κ3) is 2.68. The molecule has 4 heteroatoms. The second-order valence-electron chi connectivity index (χ2n) is 5.66. The minimum absolute atomic E-state index is 0.206. The molecule has 3 rings (SSSR count). The zero-order valence-electron chi connectivity index (χ0n) is 11.3. The SMILES string of the molecule is Nc1ccc(F)cc1N1CCN(C2CCCC2)CC1. The standard InChI is InChI=1S/C15H22FN3/c16-12-5-6-14(17)15(11-12)19-9-7-18(8-10-19)13-3-1-2-4-13/h5-6,11,13H,1-4,7-10,17H2. The zero-order valence-corrected chi connectivity index (χ0v) is 11.3. The van der Waals surface area contributed by atoms with Crippen LogP contribution < -0.4 is 10.6 Å². The second kappa shape index (κ2) is 5.37. The fourth-order valence-corrected chi connectivity index (χ4v) is 3.39. The lowest BCUT2D eigenvalue weighted by atomic mass is 10.1. The first-order valence-corrected chi connectivity index (χ1v) is 7.28. The normalized spacial score (nSPS) is 22.1. The third-order valence-corrected chi connectivity index (χ3v) is 4.49. The summed E-state index contributed by atoms with van der Waals surface area (Å²) >= 11 is 0. The molecule has 0 radical (unpaired) electrons. The van der Waals surface area contributed by atoms with Gasteiger partial charge < -0.3 is 10.6 Å². The number of halogens is 1. The van der Waals surface area contributed by atoms with E-state index >= 15 is 0 Å². The number of hydrogen-bond acceptors (Lipinski definition) is 3. The van der Waals surface area contributed by atoms with Gasteiger partial charge in [-0.15, -0.1) is 0 Å². The Balaban J connectivity index is 1.64. The smallest absolute Gasteiger partial charge is 0.125 e. The Morgan fingerprint density at radius 2 is 1.74 bits per heavy atom. The van der Waals surface area contributed by atoms with Gasteiger partial charge in [0.05, 0.1) is 11.4 Å². The summed E-state index contributed by atoms with van der Waals surface area (Å²) < 4.78 is 13.3. The monoisotopic (exact) mass is 263 g/mol. The quantitative estimate of drug-likeness (QED) is 0.832. The molecule has 2 aliphatic rings. The van der Waals surface area contributed by atoms with E-state index in [1.165, 1.54) is 31.7 Å². The second-order valence-corrected chi connectivity index (χ2v) is 5.66. The van der Waals surface area contributed by atoms with Gasteiger partial charge in [0.1, 0.15) is 5.82 Å². The number of nitrogens with two attached hydrogens (primary N) is 1. The van der Waals surface area contributed by atoms with Crippen molar-refractivity contribution in [3.8, 4) is 0 Å². The molecule has 1 saturated heterocycles. The lowest BCUT2D eigenvalue weighted by molar-refractivity contribution is 0.187. The van der Waals surface area contributed by atoms with Crippen molar-refractivity contribution in [1.29, 1.82) is 0 Å². The summed E-state index contributed by atoms with van der Waals surface area (Å²) in [7, 11) is 0. The fourth-order valence-electron chi connectivity index (χ4n) is 3.39. The maximum Gasteiger partial charge on any atom is 0.125 e. The van der Waals surface area contributed by atoms with Crippen LogP contribution in [0.4, 0.5) is 15.8 Å². The lowest BCUT2D eigenvalue weighted by Gasteiger charge is -2.39. The van der Waals surface area contributed by atoms with E-state index in [4.69, 9.17) is 5.73 Å². The highest BCUT2D eigenvalue weighted by Gasteiger charge is 2.26. The highest BCUT2D eigenvalue weighted by atomic mass is 19.1. The van der Waals surface area contributed by atoms with Gasteiger partial charge in [-0.3, -0.25) is 4.90 Å². The van der Waals surface area contributed by atoms with Gasteiger partial charge in [-0.25, -0.2) is 4.39 Å². The van der Waals surface area contributed by atoms with Crippen LogP contribution in [0, 0.1) is 5.82 Å². The van der Waals surface area contributed by atoms with Crippen molar-refractivity contribution in [2.45, 2.75) is 31.7 Å². The summed E-state index contributed by atoms with van der Waals surface area (Å²) in [5.41, 5.74) is 7.48. The first-order chi connectivity index (χ1) is 9.24. The van der Waals surface area contributed by atoms with Crippen molar-refractivity contribution in [1.82, 2.24) is 4.90 Å². The highest BCUT2D eigenvalue weighted by Crippen LogP contribution is 2.28. The molecule has 1 aliphatic heterocycles. The van der Waals surface area contributed by atoms with Gasteiger partial charge in [0.2, 0.25) is 0 Å². The Hall–Kier alpha value is -1.29. The topological polar surface area (TPSA) is 32.5 Å². The van der Waals surface area contributed by atoms with Crippen LogP contribution in [-0.4, -0.2) is 37.1 Å². The number of anilines is 2. The van der Waals surface area contributed by atoms with Gasteiger partial charge in [-0.1, -0.05) is 12.8 Å². The van der Waals surface area contributed by atoms with Gasteiger partial charge in [0.25, 0.3) is 0 Å². The summed E-state index contributed by atoms with van der Waals surface area (Å²) in [6.07, 6.45) is 5.45. The van der Waals surface area contributed by atoms with Crippen molar-refractivity contribution in [2.75, 3.05) is 36.8 Å². The Morgan fingerprint density at radius 3 is 2.42 bits per heavy atom. The molecule has 19 heavy (non-hydrogen) atoms. The van der Waals surface area contributed by atoms with Gasteiger partial charge in [0.15, 0.2) is 0 Å². The van der Waals surface area contributed by atoms with E-state index in [2.05, 4.69) is 9.80 Å². The van der Waals surface area contributed by atoms with Gasteiger partial charge in [-0.05, 0) is 31.0 Å². The largest absolute Gasteiger partial charge is 0.397 e. The zero-order chi connectivity index (χ0) is 13.2. The molecule has 0 amide bonds. The molecule has 0 unspecified atom stereocenters. The third-order valence-electron chi connectivity index (χ3n) is 4.49. The van der Waals surface area contributed by atoms with E-state index in [1.807, 2.05) is 0 Å². The van der Waals surface area contributed by atoms with Crippen LogP contribution in [-0.2, 0) is 0 Å². The highest BCUT2D eigenvalue weighted by molar-refractivity contribution is 5.67. The molecule has 1 aromatic rings. The molecule has 0 atom stereocenters. The first-order valence-electron chi connectivity index (χ1n) is 7.28. The van der Waals surface area contributed by atoms with E-state index in [0.717, 1.165) is 37.9 Å². The van der Waals surface area contributed by atoms with Crippen LogP contribution in [0.1, 0.15) is 25.7 Å². The predicted octanol–water partition coefficient (Wildman–Crippen LogP) is 2.47. The van der Waals surface area contributed by atoms with Crippen LogP contribution in [0.15, 0.2) is 18.2 Å². The Morgan fingerprint density at radius 1 is 1.05 bits per heavy atom. The number of piperazine rings is 1. The minimum atomic E-state index is -0.206. The molecule has 1 aromatic carbocycles. The Kier molecular flexibility index (Phi) is 3.60. The van der Waals surface area contributed by atoms with Crippen molar-refractivity contribution >= 4 is 11.4 Å². The van der Waals surface area contributed by atoms with Crippen molar-refractivity contribution in [3.63, 3.8) is 0 Å². The average Bonchev–Trinajstić information content (AvgIpc) is 2.96. The Bertz CT molecular complexity index is 435. The first kappa shape index (κ1) is 12.7. The van der Waals surface area contributed by atoms with Crippen molar-refractivity contribution in [3.05, 3.63) is 24.0 Å². The van der Waals surface area contributed by atoms with Crippen molar-refractivity contribution in [2.24, 2.45) is 0 Å². The van der Waals surface area contributed by atoms with Gasteiger partial charge in [-0.2, -0.15) is 0 Å². The van der Waals surface area contributed by atoms with Crippen LogP contribution in [0.2, 0.25) is 0 Å². The lowest BCUT2D eigenvalue weighted by Crippen LogP contribution is -2.49. The molecule has 0 bridgehead atoms. The predicted molar refractivity (Wildman–Crippen MR) is 76.9 cm³/mol. The fraction of sp³-hybridized carbons (Fsp3) is 0.600. The van der Waals surface area contributed by atoms with Crippen LogP contribution in [0.3, 0.4) is 0 Å². The number of hydrogen-bond donors (Lipinski definition) is 1. The minimum Gasteiger partial charge on any atom is -0.397 e. The van der Waals surface area contributed by atoms with Crippen LogP contribution >= 0.6 is 0 Å². The van der Waals surface area contributed by atoms with Crippen LogP contribution in [0.25, 0.3) is 0 Å². The number of nitrogen functional groups attached to an aromatic ring is 1. The van der Waals surface area contributed by atoms with Gasteiger partial charge in [0, 0.05) is 32.2 Å². The molecule has 2 N–H and O–H groups in total. The summed E-state index contributed by atoms with van der Waals surface area (Å²) in [6.45, 7) is 4.04. The molecular formula is C15H22FN3. The van der Waals surface area contributed by atoms with E-state index in [0.29, 0.717) is 5.69 Å². The molecule has 0 aromatic heterocycles. The van der Waals surface area contributed by atoms with E-state index < -0.39 is 0 Å². The van der Waals surface area contributed by atoms with E-state index in [9.17, 15) is 4.39 Å². The number of rotatable bonds is 2. The van der Waals surface area contributed by atoms with Crippen molar-refractivity contribution < 1.29 is 4.39 Å². The number of nitrogens with zero attached hydrogens (tertiary/aromatic N) is 2. The molecule has 3 nitrogen and oxygen atoms in total. The summed E-state index contributed by atoms with van der Waals surface area (Å²) in [4.78, 5) is 4.81. The molecule has 0 spiro atoms. The summed E-state index contributed by atoms with van der Waals surface area (Å²) in [5.74, 6) is -0.206. The van der Waals surface area contributed by atoms with Crippen LogP contribution in [0.5, 0.6) is 0 Å². The van der Waals surface area contributed by atoms with E-state index in [-0.39, 0.29) is 5.82 Å².